The van der Waals surface area contributed by atoms with E-state index in [4.69, 9.17) is 21.9 Å². The molecular weight excluding hydrogens is 578 g/mol. The van der Waals surface area contributed by atoms with Gasteiger partial charge in [-0.15, -0.1) is 0 Å². The van der Waals surface area contributed by atoms with Gasteiger partial charge in [-0.2, -0.15) is 13.2 Å². The number of likely N-dealkylation sites (tertiary alicyclic amines) is 1. The van der Waals surface area contributed by atoms with Crippen LogP contribution in [0.3, 0.4) is 0 Å². The number of ketones is 1. The highest BCUT2D eigenvalue weighted by atomic mass is 19.4. The number of nitrogens with one attached hydrogen (secondary N) is 1. The van der Waals surface area contributed by atoms with Crippen molar-refractivity contribution in [2.45, 2.75) is 81.9 Å². The Bertz CT molecular complexity index is 1360. The fraction of sp³-hybridized carbons (Fsp3) is 0.500. The Labute approximate surface area is 254 Å². The minimum Gasteiger partial charge on any atom is -0.423 e. The highest BCUT2D eigenvalue weighted by molar-refractivity contribution is 6.62. The van der Waals surface area contributed by atoms with E-state index in [1.54, 1.807) is 23.1 Å². The molecule has 0 bridgehead atoms. The van der Waals surface area contributed by atoms with E-state index in [1.807, 2.05) is 13.8 Å². The molecule has 1 fully saturated rings. The molecule has 0 spiro atoms. The van der Waals surface area contributed by atoms with Crippen LogP contribution in [0.4, 0.5) is 13.2 Å². The highest BCUT2D eigenvalue weighted by Crippen LogP contribution is 2.31. The third-order valence-electron chi connectivity index (χ3n) is 8.12. The van der Waals surface area contributed by atoms with Crippen LogP contribution in [0, 0.1) is 0 Å². The molecule has 0 unspecified atom stereocenters. The summed E-state index contributed by atoms with van der Waals surface area (Å²) < 4.78 is 44.8. The van der Waals surface area contributed by atoms with E-state index in [9.17, 15) is 32.6 Å². The van der Waals surface area contributed by atoms with E-state index in [1.165, 1.54) is 12.1 Å². The quantitative estimate of drug-likeness (QED) is 0.240. The second-order valence-electron chi connectivity index (χ2n) is 12.2. The van der Waals surface area contributed by atoms with Crippen LogP contribution in [-0.4, -0.2) is 71.9 Å². The summed E-state index contributed by atoms with van der Waals surface area (Å²) in [6, 6.07) is 6.80. The number of fused-ring (bicyclic) bond motifs is 1. The number of piperidine rings is 1. The maximum absolute atomic E-state index is 13.5. The van der Waals surface area contributed by atoms with Gasteiger partial charge in [-0.25, -0.2) is 0 Å². The lowest BCUT2D eigenvalue weighted by atomic mass is 9.77. The number of halogens is 3. The summed E-state index contributed by atoms with van der Waals surface area (Å²) in [5, 5.41) is 13.0. The number of Topliss-reactive ketones (excluding diaryl/α,β-unsaturated/α-hetero) is 1. The average Bonchev–Trinajstić information content (AvgIpc) is 3.17. The molecule has 2 amide bonds. The molecule has 1 saturated heterocycles. The van der Waals surface area contributed by atoms with Crippen molar-refractivity contribution in [1.29, 1.82) is 0 Å². The van der Waals surface area contributed by atoms with Gasteiger partial charge in [-0.3, -0.25) is 14.4 Å². The molecule has 14 heteroatoms. The Morgan fingerprint density at radius 3 is 2.32 bits per heavy atom. The SMILES string of the molecule is CC1(C)OB(O)c2cc(CC(=O)[C@@H](Cc3ccc(C(F)(F)F)cc3)NC(=O)[C@@H](N)CCC(=O)N3C[C@H](N)C[C@H](N)C3)ccc21. The Morgan fingerprint density at radius 1 is 1.09 bits per heavy atom. The van der Waals surface area contributed by atoms with Crippen LogP contribution in [0.5, 0.6) is 0 Å². The van der Waals surface area contributed by atoms with Crippen LogP contribution in [0.1, 0.15) is 55.4 Å². The molecule has 2 aliphatic heterocycles. The summed E-state index contributed by atoms with van der Waals surface area (Å²) in [5.74, 6) is -1.32. The number of hydrogen-bond donors (Lipinski definition) is 5. The van der Waals surface area contributed by atoms with Gasteiger partial charge < -0.3 is 37.1 Å². The van der Waals surface area contributed by atoms with Crippen LogP contribution < -0.4 is 28.0 Å². The standard InChI is InChI=1S/C30H39BF3N5O5/c1-29(2)22-8-5-18(11-23(22)31(43)44-29)13-26(40)25(12-17-3-6-19(7-4-17)30(32,33)34)38-28(42)24(37)9-10-27(41)39-15-20(35)14-21(36)16-39/h3-8,11,20-21,24-25,43H,9-10,12-16,35-37H2,1-2H3,(H,38,42)/t20-,21+,24-,25+/m0/s1. The maximum atomic E-state index is 13.5. The fourth-order valence-electron chi connectivity index (χ4n) is 5.75. The molecule has 238 valence electrons. The fourth-order valence-corrected chi connectivity index (χ4v) is 5.75. The monoisotopic (exact) mass is 617 g/mol. The summed E-state index contributed by atoms with van der Waals surface area (Å²) in [7, 11) is -1.16. The largest absolute Gasteiger partial charge is 0.492 e. The Hall–Kier alpha value is -3.30. The van der Waals surface area contributed by atoms with Gasteiger partial charge in [0.15, 0.2) is 5.78 Å². The molecule has 44 heavy (non-hydrogen) atoms. The molecular formula is C30H39BF3N5O5. The minimum absolute atomic E-state index is 0.00529. The second kappa shape index (κ2) is 13.4. The van der Waals surface area contributed by atoms with Crippen LogP contribution in [0.2, 0.25) is 0 Å². The van der Waals surface area contributed by atoms with E-state index >= 15 is 0 Å². The van der Waals surface area contributed by atoms with Crippen molar-refractivity contribution in [3.8, 4) is 0 Å². The minimum atomic E-state index is -4.52. The molecule has 4 rings (SSSR count). The van der Waals surface area contributed by atoms with Gasteiger partial charge in [-0.1, -0.05) is 30.3 Å². The summed E-state index contributed by atoms with van der Waals surface area (Å²) in [5.41, 5.74) is 18.8. The number of rotatable bonds is 10. The molecule has 2 aromatic carbocycles. The van der Waals surface area contributed by atoms with Gasteiger partial charge in [-0.05, 0) is 67.4 Å². The van der Waals surface area contributed by atoms with Crippen LogP contribution in [-0.2, 0) is 43.7 Å². The molecule has 2 aromatic rings. The van der Waals surface area contributed by atoms with E-state index in [-0.39, 0.29) is 43.7 Å². The van der Waals surface area contributed by atoms with Crippen molar-refractivity contribution < 1.29 is 37.2 Å². The maximum Gasteiger partial charge on any atom is 0.492 e. The zero-order valence-corrected chi connectivity index (χ0v) is 24.8. The molecule has 4 atom stereocenters. The predicted molar refractivity (Wildman–Crippen MR) is 158 cm³/mol. The smallest absolute Gasteiger partial charge is 0.423 e. The third-order valence-corrected chi connectivity index (χ3v) is 8.12. The van der Waals surface area contributed by atoms with E-state index in [0.29, 0.717) is 36.1 Å². The molecule has 2 heterocycles. The van der Waals surface area contributed by atoms with Gasteiger partial charge >= 0.3 is 13.3 Å². The van der Waals surface area contributed by atoms with E-state index in [0.717, 1.165) is 17.7 Å². The molecule has 0 aromatic heterocycles. The first kappa shape index (κ1) is 33.6. The normalized spacial score (nSPS) is 21.0. The van der Waals surface area contributed by atoms with Crippen molar-refractivity contribution in [3.05, 3.63) is 64.7 Å². The highest BCUT2D eigenvalue weighted by Gasteiger charge is 2.40. The number of benzene rings is 2. The molecule has 0 aliphatic carbocycles. The molecule has 10 nitrogen and oxygen atoms in total. The molecule has 0 radical (unpaired) electrons. The van der Waals surface area contributed by atoms with Crippen molar-refractivity contribution >= 4 is 30.2 Å². The van der Waals surface area contributed by atoms with Crippen molar-refractivity contribution in [3.63, 3.8) is 0 Å². The van der Waals surface area contributed by atoms with Gasteiger partial charge in [0.05, 0.1) is 23.2 Å². The zero-order chi connectivity index (χ0) is 32.4. The van der Waals surface area contributed by atoms with E-state index < -0.39 is 48.2 Å². The van der Waals surface area contributed by atoms with Gasteiger partial charge in [0.2, 0.25) is 11.8 Å². The predicted octanol–water partition coefficient (Wildman–Crippen LogP) is 0.492. The van der Waals surface area contributed by atoms with Gasteiger partial charge in [0, 0.05) is 38.0 Å². The van der Waals surface area contributed by atoms with Crippen LogP contribution in [0.25, 0.3) is 0 Å². The van der Waals surface area contributed by atoms with Crippen molar-refractivity contribution in [2.75, 3.05) is 13.1 Å². The van der Waals surface area contributed by atoms with Crippen LogP contribution >= 0.6 is 0 Å². The number of amides is 2. The lowest BCUT2D eigenvalue weighted by Crippen LogP contribution is -2.54. The second-order valence-corrected chi connectivity index (χ2v) is 12.2. The summed E-state index contributed by atoms with van der Waals surface area (Å²) in [4.78, 5) is 40.9. The average molecular weight is 617 g/mol. The summed E-state index contributed by atoms with van der Waals surface area (Å²) >= 11 is 0. The lowest BCUT2D eigenvalue weighted by Gasteiger charge is -2.34. The van der Waals surface area contributed by atoms with Crippen LogP contribution in [0.15, 0.2) is 42.5 Å². The summed E-state index contributed by atoms with van der Waals surface area (Å²) in [6.07, 6.45) is -4.14. The number of carbonyl (C=O) groups is 3. The first-order chi connectivity index (χ1) is 20.5. The zero-order valence-electron chi connectivity index (χ0n) is 24.8. The van der Waals surface area contributed by atoms with Gasteiger partial charge in [0.25, 0.3) is 0 Å². The number of nitrogens with two attached hydrogens (primary N) is 3. The molecule has 2 aliphatic rings. The molecule has 8 N–H and O–H groups in total. The van der Waals surface area contributed by atoms with Crippen molar-refractivity contribution in [2.24, 2.45) is 17.2 Å². The van der Waals surface area contributed by atoms with Crippen molar-refractivity contribution in [1.82, 2.24) is 10.2 Å². The topological polar surface area (TPSA) is 174 Å². The first-order valence-electron chi connectivity index (χ1n) is 14.6. The Balaban J connectivity index is 1.45. The summed E-state index contributed by atoms with van der Waals surface area (Å²) in [6.45, 7) is 4.35. The third kappa shape index (κ3) is 8.24. The Morgan fingerprint density at radius 2 is 1.70 bits per heavy atom. The number of hydrogen-bond acceptors (Lipinski definition) is 8. The first-order valence-corrected chi connectivity index (χ1v) is 14.6. The van der Waals surface area contributed by atoms with Gasteiger partial charge in [0.1, 0.15) is 0 Å². The molecule has 0 saturated carbocycles. The number of carbonyl (C=O) groups excluding carboxylic acids is 3. The Kier molecular flexibility index (Phi) is 10.2. The van der Waals surface area contributed by atoms with E-state index in [2.05, 4.69) is 5.32 Å². The number of alkyl halides is 3. The number of nitrogens with zero attached hydrogens (tertiary/aromatic N) is 1. The lowest BCUT2D eigenvalue weighted by molar-refractivity contribution is -0.137.